The quantitative estimate of drug-likeness (QED) is 0.670. The van der Waals surface area contributed by atoms with Gasteiger partial charge < -0.3 is 9.30 Å². The first-order chi connectivity index (χ1) is 15.4. The number of fused-ring (bicyclic) bond motifs is 2. The third-order valence-electron chi connectivity index (χ3n) is 4.05. The van der Waals surface area contributed by atoms with Crippen molar-refractivity contribution in [2.75, 3.05) is 0 Å². The van der Waals surface area contributed by atoms with Gasteiger partial charge in [0.25, 0.3) is 0 Å². The van der Waals surface area contributed by atoms with E-state index in [9.17, 15) is 5.26 Å². The number of nitriles is 1. The molecule has 0 spiro atoms. The molecule has 2 heterocycles. The normalized spacial score (nSPS) is 20.8. The molecule has 1 aromatic heterocycles. The second-order valence-electron chi connectivity index (χ2n) is 6.22. The maximum Gasteiger partial charge on any atom is 0.108 e. The van der Waals surface area contributed by atoms with Crippen LogP contribution in [0.1, 0.15) is 5.69 Å². The van der Waals surface area contributed by atoms with E-state index < -0.39 is 0 Å². The summed E-state index contributed by atoms with van der Waals surface area (Å²) in [6.07, 6.45) is 26.7. The van der Waals surface area contributed by atoms with Crippen molar-refractivity contribution in [3.63, 3.8) is 0 Å². The lowest BCUT2D eigenvalue weighted by atomic mass is 10.3. The SMILES string of the molecule is N#CC1=CO/C=C/C=C\C=C\N=c2/cccc/c2=C\N=CCc2cncn2/C=C\C=C1. The molecule has 0 amide bonds. The van der Waals surface area contributed by atoms with Crippen molar-refractivity contribution in [3.05, 3.63) is 120 Å². The monoisotopic (exact) mass is 407 g/mol. The van der Waals surface area contributed by atoms with Crippen molar-refractivity contribution in [2.24, 2.45) is 9.98 Å². The summed E-state index contributed by atoms with van der Waals surface area (Å²) in [5, 5.41) is 10.9. The summed E-state index contributed by atoms with van der Waals surface area (Å²) in [5.41, 5.74) is 1.38. The fourth-order valence-electron chi connectivity index (χ4n) is 2.53. The predicted octanol–water partition coefficient (Wildman–Crippen LogP) is 3.60. The number of rotatable bonds is 0. The molecule has 0 saturated heterocycles. The van der Waals surface area contributed by atoms with Gasteiger partial charge in [0.15, 0.2) is 0 Å². The van der Waals surface area contributed by atoms with E-state index in [0.717, 1.165) is 16.3 Å². The lowest BCUT2D eigenvalue weighted by molar-refractivity contribution is 0.401. The average Bonchev–Trinajstić information content (AvgIpc) is 3.24. The lowest BCUT2D eigenvalue weighted by Crippen LogP contribution is -2.23. The fraction of sp³-hybridized carbons (Fsp3) is 0.0400. The molecule has 6 nitrogen and oxygen atoms in total. The molecule has 0 aliphatic carbocycles. The number of imidazole rings is 1. The molecule has 1 aliphatic rings. The summed E-state index contributed by atoms with van der Waals surface area (Å²) in [4.78, 5) is 13.1. The predicted molar refractivity (Wildman–Crippen MR) is 123 cm³/mol. The van der Waals surface area contributed by atoms with E-state index >= 15 is 0 Å². The zero-order valence-electron chi connectivity index (χ0n) is 16.8. The van der Waals surface area contributed by atoms with Crippen molar-refractivity contribution in [1.29, 1.82) is 5.26 Å². The minimum Gasteiger partial charge on any atom is -0.471 e. The van der Waals surface area contributed by atoms with Crippen molar-refractivity contribution >= 4 is 18.6 Å². The fourth-order valence-corrected chi connectivity index (χ4v) is 2.53. The minimum atomic E-state index is 0.395. The standard InChI is InChI=1S/C25H21N5O/c26-17-22-9-5-7-15-30-21-28-19-24(30)12-14-27-18-23-10-3-4-11-25(23)29-13-6-1-2-8-16-31-20-22/h1-11,13-16,18-21H,12H2/b2-1-,9-5?,13-6+,15-7-,16-8+,22-20?,23-18+,27-14?,29-25+. The number of benzene rings is 1. The summed E-state index contributed by atoms with van der Waals surface area (Å²) in [6.45, 7) is 0. The highest BCUT2D eigenvalue weighted by Gasteiger charge is 1.96. The Labute approximate surface area is 180 Å². The average molecular weight is 407 g/mol. The van der Waals surface area contributed by atoms with E-state index in [1.54, 1.807) is 43.2 Å². The van der Waals surface area contributed by atoms with Crippen LogP contribution in [0, 0.1) is 11.3 Å². The van der Waals surface area contributed by atoms with Crippen LogP contribution in [0.15, 0.2) is 114 Å². The Morgan fingerprint density at radius 1 is 1.03 bits per heavy atom. The Balaban J connectivity index is 1.91. The number of hydrogen-bond donors (Lipinski definition) is 0. The minimum absolute atomic E-state index is 0.395. The van der Waals surface area contributed by atoms with Gasteiger partial charge in [0.2, 0.25) is 0 Å². The molecule has 0 radical (unpaired) electrons. The van der Waals surface area contributed by atoms with Gasteiger partial charge in [-0.1, -0.05) is 36.4 Å². The largest absolute Gasteiger partial charge is 0.471 e. The van der Waals surface area contributed by atoms with Gasteiger partial charge in [0, 0.05) is 48.3 Å². The summed E-state index contributed by atoms with van der Waals surface area (Å²) >= 11 is 0. The van der Waals surface area contributed by atoms with Gasteiger partial charge in [-0.05, 0) is 30.4 Å². The second kappa shape index (κ2) is 12.1. The van der Waals surface area contributed by atoms with Gasteiger partial charge in [-0.25, -0.2) is 4.98 Å². The molecule has 152 valence electrons. The van der Waals surface area contributed by atoms with Crippen LogP contribution in [-0.4, -0.2) is 15.8 Å². The zero-order chi connectivity index (χ0) is 21.6. The van der Waals surface area contributed by atoms with Crippen LogP contribution in [0.5, 0.6) is 0 Å². The van der Waals surface area contributed by atoms with E-state index in [-0.39, 0.29) is 0 Å². The Bertz CT molecular complexity index is 1250. The van der Waals surface area contributed by atoms with Gasteiger partial charge >= 0.3 is 0 Å². The van der Waals surface area contributed by atoms with Crippen molar-refractivity contribution in [2.45, 2.75) is 6.42 Å². The van der Waals surface area contributed by atoms with E-state index in [2.05, 4.69) is 21.0 Å². The van der Waals surface area contributed by atoms with Crippen LogP contribution in [0.25, 0.3) is 12.4 Å². The molecule has 1 aromatic carbocycles. The van der Waals surface area contributed by atoms with Gasteiger partial charge in [-0.15, -0.1) is 0 Å². The van der Waals surface area contributed by atoms with E-state index in [1.807, 2.05) is 65.6 Å². The number of nitrogens with zero attached hydrogens (tertiary/aromatic N) is 5. The lowest BCUT2D eigenvalue weighted by Gasteiger charge is -1.97. The van der Waals surface area contributed by atoms with Crippen LogP contribution >= 0.6 is 0 Å². The summed E-state index contributed by atoms with van der Waals surface area (Å²) in [6, 6.07) is 9.88. The zero-order valence-corrected chi connectivity index (χ0v) is 16.8. The Hall–Kier alpha value is -4.50. The maximum absolute atomic E-state index is 9.19. The number of allylic oxidation sites excluding steroid dienone is 8. The third kappa shape index (κ3) is 7.11. The first kappa shape index (κ1) is 21.2. The number of para-hydroxylation sites is 1. The second-order valence-corrected chi connectivity index (χ2v) is 6.22. The van der Waals surface area contributed by atoms with Crippen molar-refractivity contribution in [3.8, 4) is 6.07 Å². The molecule has 6 heteroatoms. The summed E-state index contributed by atoms with van der Waals surface area (Å²) in [5.74, 6) is 0. The van der Waals surface area contributed by atoms with Gasteiger partial charge in [0.1, 0.15) is 12.3 Å². The number of hydrogen-bond acceptors (Lipinski definition) is 5. The topological polar surface area (TPSA) is 75.6 Å². The van der Waals surface area contributed by atoms with E-state index in [1.165, 1.54) is 12.5 Å². The highest BCUT2D eigenvalue weighted by Crippen LogP contribution is 2.02. The smallest absolute Gasteiger partial charge is 0.108 e. The number of aromatic nitrogens is 2. The number of ether oxygens (including phenoxy) is 1. The molecule has 31 heavy (non-hydrogen) atoms. The van der Waals surface area contributed by atoms with Crippen molar-refractivity contribution < 1.29 is 4.74 Å². The van der Waals surface area contributed by atoms with Crippen LogP contribution < -0.4 is 10.6 Å². The molecule has 0 fully saturated rings. The van der Waals surface area contributed by atoms with Crippen molar-refractivity contribution in [1.82, 2.24) is 9.55 Å². The molecular weight excluding hydrogens is 386 g/mol. The summed E-state index contributed by atoms with van der Waals surface area (Å²) in [7, 11) is 0. The van der Waals surface area contributed by atoms with Gasteiger partial charge in [-0.3, -0.25) is 9.98 Å². The molecule has 0 saturated carbocycles. The van der Waals surface area contributed by atoms with Crippen LogP contribution in [0.3, 0.4) is 0 Å². The summed E-state index contributed by atoms with van der Waals surface area (Å²) < 4.78 is 7.17. The van der Waals surface area contributed by atoms with Gasteiger partial charge in [0.05, 0.1) is 23.5 Å². The molecule has 0 N–H and O–H groups in total. The van der Waals surface area contributed by atoms with Crippen LogP contribution in [0.4, 0.5) is 0 Å². The first-order valence-corrected chi connectivity index (χ1v) is 9.61. The maximum atomic E-state index is 9.19. The number of aliphatic imine (C=N–C) groups is 1. The highest BCUT2D eigenvalue weighted by molar-refractivity contribution is 5.64. The highest BCUT2D eigenvalue weighted by atomic mass is 16.5. The Morgan fingerprint density at radius 2 is 1.94 bits per heavy atom. The Morgan fingerprint density at radius 3 is 2.87 bits per heavy atom. The molecule has 0 unspecified atom stereocenters. The molecule has 2 aromatic rings. The Kier molecular flexibility index (Phi) is 8.31. The molecule has 0 bridgehead atoms. The van der Waals surface area contributed by atoms with Gasteiger partial charge in [-0.2, -0.15) is 5.26 Å². The molecule has 3 rings (SSSR count). The molecular formula is C25H21N5O. The molecule has 1 aliphatic heterocycles. The van der Waals surface area contributed by atoms with Crippen LogP contribution in [-0.2, 0) is 11.2 Å². The molecule has 0 atom stereocenters. The van der Waals surface area contributed by atoms with Crippen LogP contribution in [0.2, 0.25) is 0 Å². The van der Waals surface area contributed by atoms with E-state index in [0.29, 0.717) is 12.0 Å². The third-order valence-corrected chi connectivity index (χ3v) is 4.05. The van der Waals surface area contributed by atoms with E-state index in [4.69, 9.17) is 4.74 Å². The first-order valence-electron chi connectivity index (χ1n) is 9.61.